The van der Waals surface area contributed by atoms with Crippen molar-refractivity contribution in [1.29, 1.82) is 0 Å². The molecule has 2 nitrogen and oxygen atoms in total. The van der Waals surface area contributed by atoms with E-state index in [4.69, 9.17) is 4.42 Å². The van der Waals surface area contributed by atoms with Gasteiger partial charge < -0.3 is 4.42 Å². The van der Waals surface area contributed by atoms with E-state index in [2.05, 4.69) is 75.0 Å². The molecule has 126 valence electrons. The Bertz CT molecular complexity index is 1070. The number of aryl methyl sites for hydroxylation is 2. The Morgan fingerprint density at radius 2 is 1.80 bits per heavy atom. The Morgan fingerprint density at radius 1 is 1.00 bits per heavy atom. The molecule has 0 saturated heterocycles. The lowest BCUT2D eigenvalue weighted by Gasteiger charge is -2.09. The minimum Gasteiger partial charge on any atom is -0.455 e. The first-order valence-electron chi connectivity index (χ1n) is 8.94. The van der Waals surface area contributed by atoms with Crippen molar-refractivity contribution < 1.29 is 8.98 Å². The number of fused-ring (bicyclic) bond motifs is 3. The van der Waals surface area contributed by atoms with Gasteiger partial charge in [0.1, 0.15) is 18.2 Å². The molecule has 0 amide bonds. The van der Waals surface area contributed by atoms with Gasteiger partial charge in [-0.3, -0.25) is 0 Å². The molecule has 2 heterocycles. The number of aromatic nitrogens is 1. The minimum absolute atomic E-state index is 0.642. The first kappa shape index (κ1) is 15.9. The molecule has 0 bridgehead atoms. The third kappa shape index (κ3) is 2.72. The van der Waals surface area contributed by atoms with Gasteiger partial charge in [-0.05, 0) is 36.5 Å². The zero-order chi connectivity index (χ0) is 17.6. The highest BCUT2D eigenvalue weighted by molar-refractivity contribution is 6.09. The quantitative estimate of drug-likeness (QED) is 0.448. The number of hydrogen-bond donors (Lipinski definition) is 0. The molecule has 25 heavy (non-hydrogen) atoms. The van der Waals surface area contributed by atoms with E-state index in [1.54, 1.807) is 0 Å². The molecule has 0 saturated carbocycles. The molecular weight excluding hydrogens is 306 g/mol. The Morgan fingerprint density at radius 3 is 2.60 bits per heavy atom. The predicted molar refractivity (Wildman–Crippen MR) is 104 cm³/mol. The van der Waals surface area contributed by atoms with Crippen molar-refractivity contribution in [2.75, 3.05) is 0 Å². The number of hydrogen-bond acceptors (Lipinski definition) is 1. The molecule has 0 aliphatic heterocycles. The molecule has 0 fully saturated rings. The topological polar surface area (TPSA) is 17.0 Å². The molecule has 4 rings (SSSR count). The smallest absolute Gasteiger partial charge is 0.216 e. The summed E-state index contributed by atoms with van der Waals surface area (Å²) in [5.74, 6) is 0.642. The molecule has 0 radical (unpaired) electrons. The summed E-state index contributed by atoms with van der Waals surface area (Å²) in [7, 11) is 2.11. The monoisotopic (exact) mass is 330 g/mol. The average molecular weight is 330 g/mol. The van der Waals surface area contributed by atoms with Crippen LogP contribution < -0.4 is 4.57 Å². The lowest BCUT2D eigenvalue weighted by Crippen LogP contribution is -2.31. The van der Waals surface area contributed by atoms with Crippen molar-refractivity contribution >= 4 is 21.9 Å². The van der Waals surface area contributed by atoms with Crippen molar-refractivity contribution in [3.8, 4) is 11.3 Å². The van der Waals surface area contributed by atoms with Crippen molar-refractivity contribution in [2.24, 2.45) is 13.0 Å². The second-order valence-corrected chi connectivity index (χ2v) is 7.36. The fourth-order valence-electron chi connectivity index (χ4n) is 3.67. The van der Waals surface area contributed by atoms with E-state index in [0.717, 1.165) is 17.6 Å². The van der Waals surface area contributed by atoms with E-state index < -0.39 is 0 Å². The van der Waals surface area contributed by atoms with E-state index >= 15 is 0 Å². The van der Waals surface area contributed by atoms with Gasteiger partial charge in [-0.1, -0.05) is 44.2 Å². The van der Waals surface area contributed by atoms with E-state index in [-0.39, 0.29) is 0 Å². The van der Waals surface area contributed by atoms with Crippen LogP contribution in [0.5, 0.6) is 0 Å². The zero-order valence-electron chi connectivity index (χ0n) is 15.3. The maximum absolute atomic E-state index is 6.28. The summed E-state index contributed by atoms with van der Waals surface area (Å²) in [6.45, 7) is 6.69. The van der Waals surface area contributed by atoms with Gasteiger partial charge in [-0.25, -0.2) is 4.57 Å². The van der Waals surface area contributed by atoms with Crippen LogP contribution in [0.15, 0.2) is 59.1 Å². The van der Waals surface area contributed by atoms with Gasteiger partial charge >= 0.3 is 0 Å². The summed E-state index contributed by atoms with van der Waals surface area (Å²) in [6, 6.07) is 17.2. The van der Waals surface area contributed by atoms with Gasteiger partial charge in [0.15, 0.2) is 6.20 Å². The Balaban J connectivity index is 2.02. The average Bonchev–Trinajstić information content (AvgIpc) is 2.95. The second kappa shape index (κ2) is 6.03. The highest BCUT2D eigenvalue weighted by Crippen LogP contribution is 2.36. The van der Waals surface area contributed by atoms with Gasteiger partial charge in [0.05, 0.1) is 5.56 Å². The highest BCUT2D eigenvalue weighted by atomic mass is 16.3. The van der Waals surface area contributed by atoms with Gasteiger partial charge in [-0.2, -0.15) is 0 Å². The van der Waals surface area contributed by atoms with Crippen molar-refractivity contribution in [3.63, 3.8) is 0 Å². The normalized spacial score (nSPS) is 11.7. The van der Waals surface area contributed by atoms with E-state index in [9.17, 15) is 0 Å². The summed E-state index contributed by atoms with van der Waals surface area (Å²) in [4.78, 5) is 0. The molecule has 0 spiro atoms. The maximum Gasteiger partial charge on any atom is 0.216 e. The van der Waals surface area contributed by atoms with Gasteiger partial charge in [0.2, 0.25) is 5.69 Å². The van der Waals surface area contributed by atoms with Crippen LogP contribution in [-0.4, -0.2) is 0 Å². The Kier molecular flexibility index (Phi) is 3.84. The van der Waals surface area contributed by atoms with Crippen LogP contribution in [-0.2, 0) is 13.5 Å². The number of pyridine rings is 1. The molecule has 0 atom stereocenters. The summed E-state index contributed by atoms with van der Waals surface area (Å²) in [5, 5.41) is 2.37. The van der Waals surface area contributed by atoms with E-state index in [0.29, 0.717) is 5.92 Å². The summed E-state index contributed by atoms with van der Waals surface area (Å²) < 4.78 is 8.47. The molecule has 0 unspecified atom stereocenters. The van der Waals surface area contributed by atoms with Crippen molar-refractivity contribution in [2.45, 2.75) is 27.2 Å². The van der Waals surface area contributed by atoms with Crippen LogP contribution >= 0.6 is 0 Å². The lowest BCUT2D eigenvalue weighted by atomic mass is 9.97. The van der Waals surface area contributed by atoms with Crippen LogP contribution in [0.3, 0.4) is 0 Å². The highest BCUT2D eigenvalue weighted by Gasteiger charge is 2.21. The van der Waals surface area contributed by atoms with E-state index in [1.165, 1.54) is 33.2 Å². The largest absolute Gasteiger partial charge is 0.455 e. The molecule has 2 aromatic heterocycles. The zero-order valence-corrected chi connectivity index (χ0v) is 15.3. The molecule has 4 aromatic rings. The fourth-order valence-corrected chi connectivity index (χ4v) is 3.67. The number of para-hydroxylation sites is 1. The van der Waals surface area contributed by atoms with Crippen LogP contribution in [0.1, 0.15) is 25.0 Å². The third-order valence-electron chi connectivity index (χ3n) is 4.87. The SMILES string of the molecule is Cc1ccc2c(oc3ccccc32)c1-c1cc(CC(C)C)cc[n+]1C. The van der Waals surface area contributed by atoms with Crippen molar-refractivity contribution in [3.05, 3.63) is 65.9 Å². The second-order valence-electron chi connectivity index (χ2n) is 7.36. The maximum atomic E-state index is 6.28. The Labute approximate surface area is 148 Å². The van der Waals surface area contributed by atoms with Crippen LogP contribution in [0.4, 0.5) is 0 Å². The number of nitrogens with zero attached hydrogens (tertiary/aromatic N) is 1. The van der Waals surface area contributed by atoms with Crippen molar-refractivity contribution in [1.82, 2.24) is 0 Å². The third-order valence-corrected chi connectivity index (χ3v) is 4.87. The molecule has 2 heteroatoms. The predicted octanol–water partition coefficient (Wildman–Crippen LogP) is 5.58. The number of rotatable bonds is 3. The van der Waals surface area contributed by atoms with E-state index in [1.807, 2.05) is 12.1 Å². The summed E-state index contributed by atoms with van der Waals surface area (Å²) in [6.07, 6.45) is 3.25. The standard InChI is InChI=1S/C23H24NO/c1-15(2)13-17-11-12-24(4)20(14-17)22-16(3)9-10-19-18-7-5-6-8-21(18)25-23(19)22/h5-12,14-15H,13H2,1-4H3/q+1. The molecule has 0 N–H and O–H groups in total. The summed E-state index contributed by atoms with van der Waals surface area (Å²) >= 11 is 0. The number of benzene rings is 2. The van der Waals surface area contributed by atoms with Crippen LogP contribution in [0, 0.1) is 12.8 Å². The van der Waals surface area contributed by atoms with Crippen LogP contribution in [0.2, 0.25) is 0 Å². The molecular formula is C23H24NO+. The Hall–Kier alpha value is -2.61. The molecule has 0 aliphatic rings. The minimum atomic E-state index is 0.642. The lowest BCUT2D eigenvalue weighted by molar-refractivity contribution is -0.660. The van der Waals surface area contributed by atoms with Gasteiger partial charge in [0, 0.05) is 22.9 Å². The number of furan rings is 1. The summed E-state index contributed by atoms with van der Waals surface area (Å²) in [5.41, 5.74) is 6.95. The van der Waals surface area contributed by atoms with Crippen LogP contribution in [0.25, 0.3) is 33.2 Å². The molecule has 2 aromatic carbocycles. The molecule has 0 aliphatic carbocycles. The first-order valence-corrected chi connectivity index (χ1v) is 8.94. The van der Waals surface area contributed by atoms with Gasteiger partial charge in [0.25, 0.3) is 0 Å². The fraction of sp³-hybridized carbons (Fsp3) is 0.261. The van der Waals surface area contributed by atoms with Gasteiger partial charge in [-0.15, -0.1) is 0 Å². The first-order chi connectivity index (χ1) is 12.0.